The van der Waals surface area contributed by atoms with Gasteiger partial charge in [-0.2, -0.15) is 0 Å². The molecule has 1 heterocycles. The van der Waals surface area contributed by atoms with Crippen LogP contribution in [0, 0.1) is 0 Å². The highest BCUT2D eigenvalue weighted by Crippen LogP contribution is 2.35. The lowest BCUT2D eigenvalue weighted by Crippen LogP contribution is -2.12. The van der Waals surface area contributed by atoms with E-state index in [1.165, 1.54) is 7.11 Å². The van der Waals surface area contributed by atoms with Gasteiger partial charge in [-0.05, 0) is 35.4 Å². The molecule has 2 N–H and O–H groups in total. The number of fused-ring (bicyclic) bond motifs is 1. The number of anilines is 1. The molecule has 0 saturated carbocycles. The lowest BCUT2D eigenvalue weighted by Gasteiger charge is -2.10. The van der Waals surface area contributed by atoms with Gasteiger partial charge in [-0.15, -0.1) is 0 Å². The third-order valence-corrected chi connectivity index (χ3v) is 3.81. The SMILES string of the molecule is COC(=O)Cc1cc2c(cc1C(=O)Cc1ccc(N)cc1)OCO2. The van der Waals surface area contributed by atoms with Gasteiger partial charge in [0.05, 0.1) is 13.5 Å². The molecule has 0 fully saturated rings. The molecule has 0 amide bonds. The number of hydrogen-bond donors (Lipinski definition) is 1. The molecule has 2 aromatic rings. The Balaban J connectivity index is 1.91. The van der Waals surface area contributed by atoms with Crippen LogP contribution < -0.4 is 15.2 Å². The summed E-state index contributed by atoms with van der Waals surface area (Å²) in [6.45, 7) is 0.0998. The van der Waals surface area contributed by atoms with Gasteiger partial charge < -0.3 is 19.9 Å². The van der Waals surface area contributed by atoms with Gasteiger partial charge in [0.15, 0.2) is 17.3 Å². The van der Waals surface area contributed by atoms with Crippen molar-refractivity contribution in [2.45, 2.75) is 12.8 Å². The van der Waals surface area contributed by atoms with Gasteiger partial charge in [0, 0.05) is 17.7 Å². The quantitative estimate of drug-likeness (QED) is 0.514. The van der Waals surface area contributed by atoms with Gasteiger partial charge >= 0.3 is 5.97 Å². The summed E-state index contributed by atoms with van der Waals surface area (Å²) in [7, 11) is 1.31. The largest absolute Gasteiger partial charge is 0.469 e. The normalized spacial score (nSPS) is 12.0. The van der Waals surface area contributed by atoms with Crippen molar-refractivity contribution in [1.82, 2.24) is 0 Å². The van der Waals surface area contributed by atoms with Gasteiger partial charge in [-0.25, -0.2) is 0 Å². The fourth-order valence-electron chi connectivity index (χ4n) is 2.53. The Morgan fingerprint density at radius 1 is 1.08 bits per heavy atom. The van der Waals surface area contributed by atoms with Crippen LogP contribution in [0.4, 0.5) is 5.69 Å². The van der Waals surface area contributed by atoms with E-state index in [0.29, 0.717) is 28.3 Å². The number of rotatable bonds is 5. The average molecular weight is 327 g/mol. The summed E-state index contributed by atoms with van der Waals surface area (Å²) in [4.78, 5) is 24.3. The summed E-state index contributed by atoms with van der Waals surface area (Å²) in [5, 5.41) is 0. The smallest absolute Gasteiger partial charge is 0.310 e. The molecule has 0 aliphatic carbocycles. The first kappa shape index (κ1) is 15.9. The Kier molecular flexibility index (Phi) is 4.37. The molecule has 2 aromatic carbocycles. The second-order valence-electron chi connectivity index (χ2n) is 5.46. The molecule has 0 radical (unpaired) electrons. The zero-order valence-electron chi connectivity index (χ0n) is 13.2. The first-order valence-electron chi connectivity index (χ1n) is 7.44. The van der Waals surface area contributed by atoms with E-state index in [-0.39, 0.29) is 25.4 Å². The molecule has 0 spiro atoms. The fourth-order valence-corrected chi connectivity index (χ4v) is 2.53. The number of hydrogen-bond acceptors (Lipinski definition) is 6. The van der Waals surface area contributed by atoms with Crippen LogP contribution in [0.25, 0.3) is 0 Å². The molecular formula is C18H17NO5. The molecule has 3 rings (SSSR count). The van der Waals surface area contributed by atoms with Crippen LogP contribution in [0.1, 0.15) is 21.5 Å². The Labute approximate surface area is 139 Å². The van der Waals surface area contributed by atoms with E-state index in [9.17, 15) is 9.59 Å². The maximum Gasteiger partial charge on any atom is 0.310 e. The highest BCUT2D eigenvalue weighted by molar-refractivity contribution is 6.00. The number of Topliss-reactive ketones (excluding diaryl/α,β-unsaturated/α-hetero) is 1. The van der Waals surface area contributed by atoms with Crippen molar-refractivity contribution < 1.29 is 23.8 Å². The number of nitrogen functional groups attached to an aromatic ring is 1. The maximum absolute atomic E-state index is 12.7. The first-order valence-corrected chi connectivity index (χ1v) is 7.44. The second kappa shape index (κ2) is 6.62. The van der Waals surface area contributed by atoms with E-state index in [1.807, 2.05) is 0 Å². The van der Waals surface area contributed by atoms with Gasteiger partial charge in [-0.1, -0.05) is 12.1 Å². The third-order valence-electron chi connectivity index (χ3n) is 3.81. The van der Waals surface area contributed by atoms with Crippen molar-refractivity contribution in [3.8, 4) is 11.5 Å². The minimum absolute atomic E-state index is 0.00402. The molecule has 1 aliphatic heterocycles. The van der Waals surface area contributed by atoms with E-state index in [2.05, 4.69) is 0 Å². The van der Waals surface area contributed by atoms with E-state index < -0.39 is 5.97 Å². The van der Waals surface area contributed by atoms with Crippen LogP contribution in [-0.2, 0) is 22.4 Å². The van der Waals surface area contributed by atoms with Crippen LogP contribution in [0.5, 0.6) is 11.5 Å². The molecule has 0 saturated heterocycles. The predicted molar refractivity (Wildman–Crippen MR) is 87.2 cm³/mol. The number of methoxy groups -OCH3 is 1. The van der Waals surface area contributed by atoms with Crippen molar-refractivity contribution in [3.05, 3.63) is 53.1 Å². The van der Waals surface area contributed by atoms with Gasteiger partial charge in [0.1, 0.15) is 0 Å². The van der Waals surface area contributed by atoms with Crippen LogP contribution >= 0.6 is 0 Å². The van der Waals surface area contributed by atoms with Gasteiger partial charge in [0.25, 0.3) is 0 Å². The summed E-state index contributed by atoms with van der Waals surface area (Å²) in [6, 6.07) is 10.4. The van der Waals surface area contributed by atoms with Crippen molar-refractivity contribution in [2.75, 3.05) is 19.6 Å². The van der Waals surface area contributed by atoms with Crippen LogP contribution in [0.3, 0.4) is 0 Å². The molecule has 1 aliphatic rings. The van der Waals surface area contributed by atoms with Crippen molar-refractivity contribution in [1.29, 1.82) is 0 Å². The topological polar surface area (TPSA) is 87.9 Å². The number of benzene rings is 2. The zero-order chi connectivity index (χ0) is 17.1. The fraction of sp³-hybridized carbons (Fsp3) is 0.222. The monoisotopic (exact) mass is 327 g/mol. The molecule has 0 atom stereocenters. The molecule has 0 unspecified atom stereocenters. The Bertz CT molecular complexity index is 783. The van der Waals surface area contributed by atoms with E-state index >= 15 is 0 Å². The number of ether oxygens (including phenoxy) is 3. The summed E-state index contributed by atoms with van der Waals surface area (Å²) in [5.41, 5.74) is 8.13. The average Bonchev–Trinajstić information content (AvgIpc) is 3.03. The highest BCUT2D eigenvalue weighted by atomic mass is 16.7. The predicted octanol–water partition coefficient (Wildman–Crippen LogP) is 2.14. The molecule has 24 heavy (non-hydrogen) atoms. The summed E-state index contributed by atoms with van der Waals surface area (Å²) >= 11 is 0. The Hall–Kier alpha value is -3.02. The standard InChI is InChI=1S/C18H17NO5/c1-22-18(21)8-12-7-16-17(24-10-23-16)9-14(12)15(20)6-11-2-4-13(19)5-3-11/h2-5,7,9H,6,8,10,19H2,1H3. The molecule has 0 aromatic heterocycles. The number of carbonyl (C=O) groups excluding carboxylic acids is 2. The Morgan fingerprint density at radius 2 is 1.75 bits per heavy atom. The van der Waals surface area contributed by atoms with E-state index in [0.717, 1.165) is 5.56 Å². The first-order chi connectivity index (χ1) is 11.6. The minimum Gasteiger partial charge on any atom is -0.469 e. The number of nitrogens with two attached hydrogens (primary N) is 1. The lowest BCUT2D eigenvalue weighted by molar-refractivity contribution is -0.139. The van der Waals surface area contributed by atoms with Crippen molar-refractivity contribution in [2.24, 2.45) is 0 Å². The van der Waals surface area contributed by atoms with Gasteiger partial charge in [0.2, 0.25) is 6.79 Å². The van der Waals surface area contributed by atoms with Crippen LogP contribution in [0.2, 0.25) is 0 Å². The molecule has 6 heteroatoms. The van der Waals surface area contributed by atoms with Crippen molar-refractivity contribution in [3.63, 3.8) is 0 Å². The summed E-state index contributed by atoms with van der Waals surface area (Å²) in [5.74, 6) is 0.495. The van der Waals surface area contributed by atoms with Crippen LogP contribution in [0.15, 0.2) is 36.4 Å². The molecule has 124 valence electrons. The van der Waals surface area contributed by atoms with E-state index in [1.54, 1.807) is 36.4 Å². The minimum atomic E-state index is -0.421. The van der Waals surface area contributed by atoms with Crippen molar-refractivity contribution >= 4 is 17.4 Å². The lowest BCUT2D eigenvalue weighted by atomic mass is 9.96. The third kappa shape index (κ3) is 3.32. The number of carbonyl (C=O) groups is 2. The molecular weight excluding hydrogens is 310 g/mol. The number of ketones is 1. The molecule has 0 bridgehead atoms. The van der Waals surface area contributed by atoms with E-state index in [4.69, 9.17) is 19.9 Å². The highest BCUT2D eigenvalue weighted by Gasteiger charge is 2.22. The maximum atomic E-state index is 12.7. The summed E-state index contributed by atoms with van der Waals surface area (Å²) < 4.78 is 15.4. The number of esters is 1. The second-order valence-corrected chi connectivity index (χ2v) is 5.46. The Morgan fingerprint density at radius 3 is 2.42 bits per heavy atom. The zero-order valence-corrected chi connectivity index (χ0v) is 13.2. The summed E-state index contributed by atoms with van der Waals surface area (Å²) in [6.07, 6.45) is 0.198. The van der Waals surface area contributed by atoms with Gasteiger partial charge in [-0.3, -0.25) is 9.59 Å². The van der Waals surface area contributed by atoms with Crippen LogP contribution in [-0.4, -0.2) is 25.7 Å². The molecule has 6 nitrogen and oxygen atoms in total.